The molecule has 0 spiro atoms. The Morgan fingerprint density at radius 1 is 1.22 bits per heavy atom. The number of rotatable bonds is 5. The fourth-order valence-corrected chi connectivity index (χ4v) is 4.08. The molecule has 2 heterocycles. The van der Waals surface area contributed by atoms with Gasteiger partial charge in [-0.15, -0.1) is 0 Å². The second-order valence-corrected chi connectivity index (χ2v) is 7.18. The van der Waals surface area contributed by atoms with Gasteiger partial charge < -0.3 is 5.32 Å². The molecule has 3 rings (SSSR count). The molecule has 1 aromatic carbocycles. The fourth-order valence-electron chi connectivity index (χ4n) is 3.37. The van der Waals surface area contributed by atoms with Gasteiger partial charge >= 0.3 is 0 Å². The third-order valence-corrected chi connectivity index (χ3v) is 5.15. The predicted molar refractivity (Wildman–Crippen MR) is 96.1 cm³/mol. The third kappa shape index (κ3) is 4.01. The first-order chi connectivity index (χ1) is 11.1. The minimum atomic E-state index is 0.0243. The number of thiophene rings is 1. The number of benzene rings is 1. The van der Waals surface area contributed by atoms with Gasteiger partial charge in [0.1, 0.15) is 0 Å². The Morgan fingerprint density at radius 3 is 2.52 bits per heavy atom. The maximum atomic E-state index is 12.5. The van der Waals surface area contributed by atoms with Crippen LogP contribution in [0.3, 0.4) is 0 Å². The number of nitrogens with zero attached hydrogens (tertiary/aromatic N) is 1. The van der Waals surface area contributed by atoms with Crippen molar-refractivity contribution in [3.05, 3.63) is 57.3 Å². The van der Waals surface area contributed by atoms with Crippen molar-refractivity contribution in [1.82, 2.24) is 10.2 Å². The Labute approximate surface area is 142 Å². The molecule has 2 aromatic rings. The first kappa shape index (κ1) is 16.2. The Morgan fingerprint density at radius 2 is 1.91 bits per heavy atom. The summed E-state index contributed by atoms with van der Waals surface area (Å²) >= 11 is 1.72. The minimum Gasteiger partial charge on any atom is -0.350 e. The van der Waals surface area contributed by atoms with Crippen LogP contribution >= 0.6 is 11.3 Å². The van der Waals surface area contributed by atoms with Crippen LogP contribution in [0, 0.1) is 13.8 Å². The van der Waals surface area contributed by atoms with Gasteiger partial charge in [0, 0.05) is 12.1 Å². The van der Waals surface area contributed by atoms with Crippen LogP contribution in [0.2, 0.25) is 0 Å². The summed E-state index contributed by atoms with van der Waals surface area (Å²) < 4.78 is 0. The van der Waals surface area contributed by atoms with Crippen LogP contribution < -0.4 is 5.32 Å². The van der Waals surface area contributed by atoms with E-state index in [2.05, 4.69) is 33.1 Å². The van der Waals surface area contributed by atoms with Gasteiger partial charge in [-0.25, -0.2) is 0 Å². The van der Waals surface area contributed by atoms with E-state index in [4.69, 9.17) is 0 Å². The number of carbonyl (C=O) groups is 1. The van der Waals surface area contributed by atoms with Crippen LogP contribution in [0.25, 0.3) is 0 Å². The van der Waals surface area contributed by atoms with Crippen molar-refractivity contribution in [3.63, 3.8) is 0 Å². The highest BCUT2D eigenvalue weighted by Crippen LogP contribution is 2.26. The number of hydrogen-bond acceptors (Lipinski definition) is 3. The Bertz CT molecular complexity index is 640. The molecule has 1 unspecified atom stereocenters. The molecule has 1 aliphatic heterocycles. The van der Waals surface area contributed by atoms with Crippen molar-refractivity contribution in [2.45, 2.75) is 32.7 Å². The average Bonchev–Trinajstić information content (AvgIpc) is 3.20. The highest BCUT2D eigenvalue weighted by Gasteiger charge is 2.24. The Kier molecular flexibility index (Phi) is 5.13. The molecule has 1 amide bonds. The molecule has 1 saturated heterocycles. The van der Waals surface area contributed by atoms with Crippen molar-refractivity contribution in [2.24, 2.45) is 0 Å². The summed E-state index contributed by atoms with van der Waals surface area (Å²) in [5.41, 5.74) is 4.33. The smallest absolute Gasteiger partial charge is 0.251 e. The van der Waals surface area contributed by atoms with Crippen LogP contribution in [0.1, 0.15) is 45.9 Å². The highest BCUT2D eigenvalue weighted by atomic mass is 32.1. The molecule has 1 aromatic heterocycles. The average molecular weight is 328 g/mol. The van der Waals surface area contributed by atoms with E-state index < -0.39 is 0 Å². The first-order valence-corrected chi connectivity index (χ1v) is 9.20. The lowest BCUT2D eigenvalue weighted by molar-refractivity contribution is 0.0938. The molecule has 3 nitrogen and oxygen atoms in total. The van der Waals surface area contributed by atoms with Crippen molar-refractivity contribution in [1.29, 1.82) is 0 Å². The standard InChI is InChI=1S/C19H24N2OS/c1-14-9-15(2)11-17(10-14)19(22)20-12-18(16-5-8-23-13-16)21-6-3-4-7-21/h5,8-11,13,18H,3-4,6-7,12H2,1-2H3,(H,20,22). The number of nitrogens with one attached hydrogen (secondary N) is 1. The zero-order valence-corrected chi connectivity index (χ0v) is 14.7. The summed E-state index contributed by atoms with van der Waals surface area (Å²) in [4.78, 5) is 15.0. The summed E-state index contributed by atoms with van der Waals surface area (Å²) in [6.45, 7) is 6.98. The molecule has 122 valence electrons. The summed E-state index contributed by atoms with van der Waals surface area (Å²) in [6.07, 6.45) is 2.51. The van der Waals surface area contributed by atoms with Crippen LogP contribution in [0.4, 0.5) is 0 Å². The van der Waals surface area contributed by atoms with E-state index in [0.29, 0.717) is 12.6 Å². The monoisotopic (exact) mass is 328 g/mol. The van der Waals surface area contributed by atoms with Crippen molar-refractivity contribution in [2.75, 3.05) is 19.6 Å². The van der Waals surface area contributed by atoms with Crippen LogP contribution in [-0.4, -0.2) is 30.4 Å². The lowest BCUT2D eigenvalue weighted by atomic mass is 10.1. The first-order valence-electron chi connectivity index (χ1n) is 8.26. The van der Waals surface area contributed by atoms with E-state index >= 15 is 0 Å². The van der Waals surface area contributed by atoms with E-state index in [1.54, 1.807) is 11.3 Å². The Balaban J connectivity index is 1.69. The van der Waals surface area contributed by atoms with E-state index in [1.807, 2.05) is 26.0 Å². The SMILES string of the molecule is Cc1cc(C)cc(C(=O)NCC(c2ccsc2)N2CCCC2)c1. The van der Waals surface area contributed by atoms with Crippen LogP contribution in [0.15, 0.2) is 35.0 Å². The summed E-state index contributed by atoms with van der Waals surface area (Å²) in [5, 5.41) is 7.46. The molecule has 0 saturated carbocycles. The summed E-state index contributed by atoms with van der Waals surface area (Å²) in [7, 11) is 0. The number of aryl methyl sites for hydroxylation is 2. The van der Waals surface area contributed by atoms with Crippen molar-refractivity contribution < 1.29 is 4.79 Å². The van der Waals surface area contributed by atoms with E-state index in [0.717, 1.165) is 29.8 Å². The summed E-state index contributed by atoms with van der Waals surface area (Å²) in [6, 6.07) is 8.47. The molecule has 1 aliphatic rings. The van der Waals surface area contributed by atoms with Gasteiger partial charge in [-0.05, 0) is 74.3 Å². The molecule has 0 bridgehead atoms. The zero-order chi connectivity index (χ0) is 16.2. The molecule has 0 aliphatic carbocycles. The minimum absolute atomic E-state index is 0.0243. The van der Waals surface area contributed by atoms with Crippen molar-refractivity contribution >= 4 is 17.2 Å². The third-order valence-electron chi connectivity index (χ3n) is 4.45. The van der Waals surface area contributed by atoms with Gasteiger partial charge in [-0.1, -0.05) is 17.2 Å². The lowest BCUT2D eigenvalue weighted by Gasteiger charge is -2.27. The van der Waals surface area contributed by atoms with Gasteiger partial charge in [0.25, 0.3) is 5.91 Å². The number of amides is 1. The van der Waals surface area contributed by atoms with E-state index in [9.17, 15) is 4.79 Å². The molecular formula is C19H24N2OS. The number of likely N-dealkylation sites (tertiary alicyclic amines) is 1. The second kappa shape index (κ2) is 7.28. The molecule has 0 radical (unpaired) electrons. The lowest BCUT2D eigenvalue weighted by Crippen LogP contribution is -2.36. The topological polar surface area (TPSA) is 32.3 Å². The maximum absolute atomic E-state index is 12.5. The quantitative estimate of drug-likeness (QED) is 0.902. The molecule has 1 atom stereocenters. The second-order valence-electron chi connectivity index (χ2n) is 6.40. The molecule has 1 fully saturated rings. The summed E-state index contributed by atoms with van der Waals surface area (Å²) in [5.74, 6) is 0.0243. The molecule has 1 N–H and O–H groups in total. The predicted octanol–water partition coefficient (Wildman–Crippen LogP) is 3.93. The molecule has 4 heteroatoms. The van der Waals surface area contributed by atoms with E-state index in [-0.39, 0.29) is 5.91 Å². The largest absolute Gasteiger partial charge is 0.350 e. The van der Waals surface area contributed by atoms with Gasteiger partial charge in [-0.3, -0.25) is 9.69 Å². The van der Waals surface area contributed by atoms with Gasteiger partial charge in [0.15, 0.2) is 0 Å². The van der Waals surface area contributed by atoms with Gasteiger partial charge in [-0.2, -0.15) is 11.3 Å². The number of carbonyl (C=O) groups excluding carboxylic acids is 1. The van der Waals surface area contributed by atoms with Crippen LogP contribution in [-0.2, 0) is 0 Å². The normalized spacial score (nSPS) is 16.4. The zero-order valence-electron chi connectivity index (χ0n) is 13.8. The van der Waals surface area contributed by atoms with Gasteiger partial charge in [0.05, 0.1) is 6.04 Å². The van der Waals surface area contributed by atoms with Crippen LogP contribution in [0.5, 0.6) is 0 Å². The maximum Gasteiger partial charge on any atom is 0.251 e. The van der Waals surface area contributed by atoms with Gasteiger partial charge in [0.2, 0.25) is 0 Å². The molecular weight excluding hydrogens is 304 g/mol. The highest BCUT2D eigenvalue weighted by molar-refractivity contribution is 7.07. The Hall–Kier alpha value is -1.65. The number of hydrogen-bond donors (Lipinski definition) is 1. The molecule has 23 heavy (non-hydrogen) atoms. The van der Waals surface area contributed by atoms with E-state index in [1.165, 1.54) is 18.4 Å². The fraction of sp³-hybridized carbons (Fsp3) is 0.421. The van der Waals surface area contributed by atoms with Crippen molar-refractivity contribution in [3.8, 4) is 0 Å².